The molecule has 1 heteroatoms. The molecule has 0 aromatic rings. The third kappa shape index (κ3) is 19.5. The topological polar surface area (TPSA) is 9.23 Å². The van der Waals surface area contributed by atoms with Crippen molar-refractivity contribution in [2.45, 2.75) is 79.1 Å². The summed E-state index contributed by atoms with van der Waals surface area (Å²) in [6.45, 7) is 9.88. The lowest BCUT2D eigenvalue weighted by atomic mass is 10.1. The number of methoxy groups -OCH3 is 1. The fourth-order valence-corrected chi connectivity index (χ4v) is 1.38. The van der Waals surface area contributed by atoms with Crippen molar-refractivity contribution in [2.75, 3.05) is 13.7 Å². The first-order valence-corrected chi connectivity index (χ1v) is 7.21. The normalized spacial score (nSPS) is 11.8. The van der Waals surface area contributed by atoms with Crippen LogP contribution in [0.3, 0.4) is 0 Å². The van der Waals surface area contributed by atoms with Crippen LogP contribution in [0.2, 0.25) is 0 Å². The molecule has 0 fully saturated rings. The Morgan fingerprint density at radius 2 is 1.38 bits per heavy atom. The zero-order chi connectivity index (χ0) is 12.6. The molecule has 0 heterocycles. The molecule has 0 aliphatic carbocycles. The van der Waals surface area contributed by atoms with E-state index in [9.17, 15) is 0 Å². The van der Waals surface area contributed by atoms with Crippen LogP contribution in [0.15, 0.2) is 0 Å². The van der Waals surface area contributed by atoms with E-state index in [0.29, 0.717) is 0 Å². The molecule has 0 aliphatic rings. The van der Waals surface area contributed by atoms with Crippen molar-refractivity contribution in [3.05, 3.63) is 0 Å². The quantitative estimate of drug-likeness (QED) is 0.479. The number of hydrogen-bond acceptors (Lipinski definition) is 1. The van der Waals surface area contributed by atoms with E-state index in [2.05, 4.69) is 27.7 Å². The van der Waals surface area contributed by atoms with E-state index in [1.165, 1.54) is 51.4 Å². The van der Waals surface area contributed by atoms with E-state index >= 15 is 0 Å². The Bertz CT molecular complexity index is 95.6. The average Bonchev–Trinajstić information content (AvgIpc) is 2.32. The average molecular weight is 230 g/mol. The fraction of sp³-hybridized carbons (Fsp3) is 1.00. The second-order valence-electron chi connectivity index (χ2n) is 4.71. The Hall–Kier alpha value is -0.0400. The maximum Gasteiger partial charge on any atom is 0.0464 e. The maximum atomic E-state index is 4.91. The van der Waals surface area contributed by atoms with Crippen molar-refractivity contribution in [1.82, 2.24) is 0 Å². The van der Waals surface area contributed by atoms with Crippen molar-refractivity contribution in [1.29, 1.82) is 0 Å². The predicted octanol–water partition coefficient (Wildman–Crippen LogP) is 5.44. The second kappa shape index (κ2) is 17.4. The molecule has 100 valence electrons. The molecule has 0 saturated carbocycles. The molecule has 0 bridgehead atoms. The monoisotopic (exact) mass is 230 g/mol. The van der Waals surface area contributed by atoms with Crippen molar-refractivity contribution in [2.24, 2.45) is 5.92 Å². The lowest BCUT2D eigenvalue weighted by Crippen LogP contribution is -1.97. The summed E-state index contributed by atoms with van der Waals surface area (Å²) in [5.74, 6) is 0.829. The van der Waals surface area contributed by atoms with Crippen LogP contribution in [0.4, 0.5) is 0 Å². The molecule has 0 rings (SSSR count). The first-order chi connectivity index (χ1) is 7.72. The SMILES string of the molecule is CCC(C)CCOC.CCCCCCCC. The van der Waals surface area contributed by atoms with Crippen LogP contribution in [0.5, 0.6) is 0 Å². The van der Waals surface area contributed by atoms with Gasteiger partial charge in [0.05, 0.1) is 0 Å². The van der Waals surface area contributed by atoms with Crippen LogP contribution >= 0.6 is 0 Å². The number of hydrogen-bond donors (Lipinski definition) is 0. The van der Waals surface area contributed by atoms with Gasteiger partial charge in [0.25, 0.3) is 0 Å². The molecule has 1 atom stereocenters. The van der Waals surface area contributed by atoms with Crippen LogP contribution in [0, 0.1) is 5.92 Å². The molecule has 0 amide bonds. The van der Waals surface area contributed by atoms with Crippen molar-refractivity contribution < 1.29 is 4.74 Å². The molecule has 0 N–H and O–H groups in total. The molecule has 0 aromatic heterocycles. The molecule has 0 spiro atoms. The van der Waals surface area contributed by atoms with Crippen molar-refractivity contribution >= 4 is 0 Å². The van der Waals surface area contributed by atoms with Crippen LogP contribution in [0.1, 0.15) is 79.1 Å². The Balaban J connectivity index is 0. The summed E-state index contributed by atoms with van der Waals surface area (Å²) in [5.41, 5.74) is 0. The van der Waals surface area contributed by atoms with E-state index < -0.39 is 0 Å². The molecular formula is C15H34O. The highest BCUT2D eigenvalue weighted by Gasteiger charge is 1.95. The van der Waals surface area contributed by atoms with E-state index in [1.807, 2.05) is 0 Å². The summed E-state index contributed by atoms with van der Waals surface area (Å²) in [6.07, 6.45) is 11.0. The molecule has 0 saturated heterocycles. The van der Waals surface area contributed by atoms with Gasteiger partial charge in [-0.15, -0.1) is 0 Å². The van der Waals surface area contributed by atoms with Gasteiger partial charge in [0, 0.05) is 13.7 Å². The lowest BCUT2D eigenvalue weighted by Gasteiger charge is -2.04. The summed E-state index contributed by atoms with van der Waals surface area (Å²) in [6, 6.07) is 0. The maximum absolute atomic E-state index is 4.91. The molecule has 0 aliphatic heterocycles. The Morgan fingerprint density at radius 3 is 1.69 bits per heavy atom. The van der Waals surface area contributed by atoms with Crippen molar-refractivity contribution in [3.8, 4) is 0 Å². The van der Waals surface area contributed by atoms with Gasteiger partial charge in [-0.25, -0.2) is 0 Å². The molecule has 1 unspecified atom stereocenters. The number of rotatable bonds is 9. The van der Waals surface area contributed by atoms with Gasteiger partial charge >= 0.3 is 0 Å². The van der Waals surface area contributed by atoms with Gasteiger partial charge < -0.3 is 4.74 Å². The van der Waals surface area contributed by atoms with Crippen LogP contribution in [-0.2, 0) is 4.74 Å². The summed E-state index contributed by atoms with van der Waals surface area (Å²) in [7, 11) is 1.75. The van der Waals surface area contributed by atoms with Gasteiger partial charge in [0.1, 0.15) is 0 Å². The van der Waals surface area contributed by atoms with E-state index in [1.54, 1.807) is 7.11 Å². The molecular weight excluding hydrogens is 196 g/mol. The summed E-state index contributed by atoms with van der Waals surface area (Å²) >= 11 is 0. The summed E-state index contributed by atoms with van der Waals surface area (Å²) in [4.78, 5) is 0. The summed E-state index contributed by atoms with van der Waals surface area (Å²) in [5, 5.41) is 0. The molecule has 0 aromatic carbocycles. The zero-order valence-corrected chi connectivity index (χ0v) is 12.3. The Labute approximate surface area is 104 Å². The highest BCUT2D eigenvalue weighted by molar-refractivity contribution is 4.46. The smallest absolute Gasteiger partial charge is 0.0464 e. The first kappa shape index (κ1) is 18.3. The number of unbranched alkanes of at least 4 members (excludes halogenated alkanes) is 5. The van der Waals surface area contributed by atoms with Crippen molar-refractivity contribution in [3.63, 3.8) is 0 Å². The third-order valence-corrected chi connectivity index (χ3v) is 2.97. The largest absolute Gasteiger partial charge is 0.385 e. The predicted molar refractivity (Wildman–Crippen MR) is 75.0 cm³/mol. The van der Waals surface area contributed by atoms with E-state index in [-0.39, 0.29) is 0 Å². The zero-order valence-electron chi connectivity index (χ0n) is 12.3. The van der Waals surface area contributed by atoms with Gasteiger partial charge in [-0.2, -0.15) is 0 Å². The molecule has 16 heavy (non-hydrogen) atoms. The van der Waals surface area contributed by atoms with Gasteiger partial charge in [0.2, 0.25) is 0 Å². The standard InChI is InChI=1S/C8H18.C7H16O/c1-3-5-7-8-6-4-2;1-4-7(2)5-6-8-3/h3-8H2,1-2H3;7H,4-6H2,1-3H3. The van der Waals surface area contributed by atoms with Crippen LogP contribution in [0.25, 0.3) is 0 Å². The molecule has 1 nitrogen and oxygen atoms in total. The van der Waals surface area contributed by atoms with E-state index in [0.717, 1.165) is 12.5 Å². The van der Waals surface area contributed by atoms with E-state index in [4.69, 9.17) is 4.74 Å². The lowest BCUT2D eigenvalue weighted by molar-refractivity contribution is 0.179. The minimum atomic E-state index is 0.829. The highest BCUT2D eigenvalue weighted by atomic mass is 16.5. The van der Waals surface area contributed by atoms with Gasteiger partial charge in [0.15, 0.2) is 0 Å². The summed E-state index contributed by atoms with van der Waals surface area (Å²) < 4.78 is 4.91. The highest BCUT2D eigenvalue weighted by Crippen LogP contribution is 2.04. The second-order valence-corrected chi connectivity index (χ2v) is 4.71. The minimum Gasteiger partial charge on any atom is -0.385 e. The van der Waals surface area contributed by atoms with Crippen LogP contribution < -0.4 is 0 Å². The van der Waals surface area contributed by atoms with Gasteiger partial charge in [-0.3, -0.25) is 0 Å². The number of ether oxygens (including phenoxy) is 1. The Kier molecular flexibility index (Phi) is 19.9. The molecule has 0 radical (unpaired) electrons. The Morgan fingerprint density at radius 1 is 0.875 bits per heavy atom. The fourth-order valence-electron chi connectivity index (χ4n) is 1.38. The van der Waals surface area contributed by atoms with Crippen LogP contribution in [-0.4, -0.2) is 13.7 Å². The van der Waals surface area contributed by atoms with Gasteiger partial charge in [-0.1, -0.05) is 72.6 Å². The third-order valence-electron chi connectivity index (χ3n) is 2.97. The van der Waals surface area contributed by atoms with Gasteiger partial charge in [-0.05, 0) is 12.3 Å². The minimum absolute atomic E-state index is 0.829. The first-order valence-electron chi connectivity index (χ1n) is 7.21.